The number of rotatable bonds is 6. The molecule has 1 aromatic carbocycles. The summed E-state index contributed by atoms with van der Waals surface area (Å²) in [6.07, 6.45) is 3.88. The van der Waals surface area contributed by atoms with Gasteiger partial charge in [-0.2, -0.15) is 19.3 Å². The monoisotopic (exact) mass is 566 g/mol. The number of thiophene rings is 4. The zero-order valence-corrected chi connectivity index (χ0v) is 23.0. The van der Waals surface area contributed by atoms with E-state index >= 15 is 0 Å². The molecule has 0 aliphatic heterocycles. The molecule has 0 bridgehead atoms. The predicted molar refractivity (Wildman–Crippen MR) is 160 cm³/mol. The van der Waals surface area contributed by atoms with Crippen LogP contribution in [0.4, 0.5) is 0 Å². The highest BCUT2D eigenvalue weighted by Gasteiger charge is 2.16. The first-order valence-electron chi connectivity index (χ1n) is 11.0. The van der Waals surface area contributed by atoms with E-state index in [4.69, 9.17) is 0 Å². The molecule has 4 nitrogen and oxygen atoms in total. The maximum atomic E-state index is 9.61. The Labute approximate surface area is 233 Å². The van der Waals surface area contributed by atoms with Gasteiger partial charge in [0.1, 0.15) is 23.2 Å². The van der Waals surface area contributed by atoms with Gasteiger partial charge in [0, 0.05) is 40.4 Å². The Bertz CT molecular complexity index is 1710. The van der Waals surface area contributed by atoms with Gasteiger partial charge in [-0.1, -0.05) is 24.3 Å². The van der Waals surface area contributed by atoms with Crippen LogP contribution in [0.25, 0.3) is 55.2 Å². The van der Waals surface area contributed by atoms with Gasteiger partial charge in [-0.25, -0.2) is 0 Å². The van der Waals surface area contributed by atoms with Crippen LogP contribution in [0.5, 0.6) is 0 Å². The first-order valence-corrected chi connectivity index (χ1v) is 15.1. The lowest BCUT2D eigenvalue weighted by atomic mass is 10.1. The minimum Gasteiger partial charge on any atom is -0.192 e. The Balaban J connectivity index is 1.34. The van der Waals surface area contributed by atoms with Crippen molar-refractivity contribution in [2.75, 3.05) is 0 Å². The molecule has 0 fully saturated rings. The van der Waals surface area contributed by atoms with Gasteiger partial charge >= 0.3 is 0 Å². The van der Waals surface area contributed by atoms with E-state index in [0.29, 0.717) is 11.1 Å². The van der Waals surface area contributed by atoms with Crippen LogP contribution in [0.1, 0.15) is 19.5 Å². The molecule has 0 saturated heterocycles. The second-order valence-electron chi connectivity index (χ2n) is 7.82. The van der Waals surface area contributed by atoms with Crippen molar-refractivity contribution >= 4 is 91.4 Å². The molecule has 176 valence electrons. The molecule has 0 radical (unpaired) electrons. The Morgan fingerprint density at radius 2 is 1.14 bits per heavy atom. The zero-order chi connectivity index (χ0) is 25.2. The molecule has 0 spiro atoms. The lowest BCUT2D eigenvalue weighted by Gasteiger charge is -2.03. The molecular formula is C28H14N4S5. The number of hydrogen-bond donors (Lipinski definition) is 0. The number of allylic oxidation sites excluding steroid dienone is 2. The predicted octanol–water partition coefficient (Wildman–Crippen LogP) is 9.40. The van der Waals surface area contributed by atoms with Crippen molar-refractivity contribution in [1.29, 1.82) is 10.5 Å². The van der Waals surface area contributed by atoms with Gasteiger partial charge in [0.15, 0.2) is 0 Å². The van der Waals surface area contributed by atoms with Crippen LogP contribution in [0.3, 0.4) is 0 Å². The molecule has 5 aromatic heterocycles. The molecule has 0 aliphatic rings. The Hall–Kier alpha value is -3.70. The molecule has 0 aliphatic carbocycles. The zero-order valence-electron chi connectivity index (χ0n) is 18.9. The number of benzene rings is 1. The van der Waals surface area contributed by atoms with Crippen molar-refractivity contribution < 1.29 is 0 Å². The number of nitriles is 2. The van der Waals surface area contributed by atoms with Crippen molar-refractivity contribution in [3.8, 4) is 33.0 Å². The fourth-order valence-electron chi connectivity index (χ4n) is 3.88. The Morgan fingerprint density at radius 3 is 1.54 bits per heavy atom. The van der Waals surface area contributed by atoms with E-state index in [0.717, 1.165) is 51.4 Å². The minimum atomic E-state index is 0.667. The molecule has 0 unspecified atom stereocenters. The van der Waals surface area contributed by atoms with Crippen molar-refractivity contribution in [3.05, 3.63) is 90.9 Å². The molecule has 0 N–H and O–H groups in total. The van der Waals surface area contributed by atoms with Gasteiger partial charge in [0.2, 0.25) is 0 Å². The summed E-state index contributed by atoms with van der Waals surface area (Å²) in [7, 11) is 0. The fraction of sp³-hybridized carbons (Fsp3) is 0. The smallest absolute Gasteiger partial charge is 0.114 e. The Morgan fingerprint density at radius 1 is 0.649 bits per heavy atom. The summed E-state index contributed by atoms with van der Waals surface area (Å²) in [5.74, 6) is 0. The van der Waals surface area contributed by atoms with Gasteiger partial charge < -0.3 is 0 Å². The summed E-state index contributed by atoms with van der Waals surface area (Å²) in [4.78, 5) is 6.15. The SMILES string of the molecule is N#C/C(=C\c1ccc(-c2ccc(-c3ccc(/C=C(\C#N)c4cccs4)s3)c3nsnc23)s1)c1cccs1. The lowest BCUT2D eigenvalue weighted by Crippen LogP contribution is -1.81. The fourth-order valence-corrected chi connectivity index (χ4v) is 7.79. The van der Waals surface area contributed by atoms with Crippen molar-refractivity contribution in [2.45, 2.75) is 0 Å². The molecule has 9 heteroatoms. The minimum absolute atomic E-state index is 0.667. The average molecular weight is 567 g/mol. The maximum absolute atomic E-state index is 9.61. The maximum Gasteiger partial charge on any atom is 0.114 e. The molecule has 6 aromatic rings. The standard InChI is InChI=1S/C28H14N4S5/c29-15-17(23-3-1-11-33-23)13-19-5-9-25(35-19)21-7-8-22(28-27(21)31-37-32-28)26-10-6-20(36-26)14-18(16-30)24-4-2-12-34-24/h1-14H/b17-13+,18-14+. The molecule has 0 atom stereocenters. The van der Waals surface area contributed by atoms with E-state index in [9.17, 15) is 10.5 Å². The van der Waals surface area contributed by atoms with Gasteiger partial charge in [0.05, 0.1) is 22.9 Å². The summed E-state index contributed by atoms with van der Waals surface area (Å²) < 4.78 is 9.27. The van der Waals surface area contributed by atoms with E-state index in [2.05, 4.69) is 45.2 Å². The number of fused-ring (bicyclic) bond motifs is 1. The second kappa shape index (κ2) is 10.3. The first kappa shape index (κ1) is 23.7. The molecule has 5 heterocycles. The third-order valence-electron chi connectivity index (χ3n) is 5.59. The van der Waals surface area contributed by atoms with E-state index in [1.54, 1.807) is 45.3 Å². The summed E-state index contributed by atoms with van der Waals surface area (Å²) in [5, 5.41) is 23.2. The van der Waals surface area contributed by atoms with Crippen LogP contribution < -0.4 is 0 Å². The van der Waals surface area contributed by atoms with Crippen LogP contribution in [0.2, 0.25) is 0 Å². The van der Waals surface area contributed by atoms with Crippen molar-refractivity contribution in [2.24, 2.45) is 0 Å². The molecule has 6 rings (SSSR count). The highest BCUT2D eigenvalue weighted by atomic mass is 32.1. The third kappa shape index (κ3) is 4.72. The second-order valence-corrected chi connectivity index (χ2v) is 12.5. The molecule has 0 saturated carbocycles. The van der Waals surface area contributed by atoms with Gasteiger partial charge in [-0.3, -0.25) is 0 Å². The van der Waals surface area contributed by atoms with Gasteiger partial charge in [-0.05, 0) is 59.3 Å². The topological polar surface area (TPSA) is 73.4 Å². The Kier molecular flexibility index (Phi) is 6.62. The lowest BCUT2D eigenvalue weighted by molar-refractivity contribution is 1.54. The van der Waals surface area contributed by atoms with Crippen molar-refractivity contribution in [1.82, 2.24) is 8.75 Å². The third-order valence-corrected chi connectivity index (χ3v) is 10.1. The number of hydrogen-bond acceptors (Lipinski definition) is 9. The van der Waals surface area contributed by atoms with E-state index in [1.165, 1.54) is 11.7 Å². The highest BCUT2D eigenvalue weighted by molar-refractivity contribution is 7.17. The first-order chi connectivity index (χ1) is 18.2. The van der Waals surface area contributed by atoms with Gasteiger partial charge in [0.25, 0.3) is 0 Å². The van der Waals surface area contributed by atoms with Crippen molar-refractivity contribution in [3.63, 3.8) is 0 Å². The number of nitrogens with zero attached hydrogens (tertiary/aromatic N) is 4. The van der Waals surface area contributed by atoms with Crippen LogP contribution >= 0.6 is 57.1 Å². The van der Waals surface area contributed by atoms with E-state index in [1.807, 2.05) is 59.3 Å². The average Bonchev–Trinajstić information content (AvgIpc) is 3.75. The largest absolute Gasteiger partial charge is 0.192 e. The number of aromatic nitrogens is 2. The molecule has 0 amide bonds. The molecular weight excluding hydrogens is 553 g/mol. The van der Waals surface area contributed by atoms with Crippen LogP contribution in [-0.4, -0.2) is 8.75 Å². The summed E-state index contributed by atoms with van der Waals surface area (Å²) >= 11 is 7.62. The normalized spacial score (nSPS) is 12.1. The summed E-state index contributed by atoms with van der Waals surface area (Å²) in [6.45, 7) is 0. The summed E-state index contributed by atoms with van der Waals surface area (Å²) in [5.41, 5.74) is 5.16. The molecule has 37 heavy (non-hydrogen) atoms. The van der Waals surface area contributed by atoms with Crippen LogP contribution in [0, 0.1) is 22.7 Å². The van der Waals surface area contributed by atoms with E-state index < -0.39 is 0 Å². The van der Waals surface area contributed by atoms with E-state index in [-0.39, 0.29) is 0 Å². The van der Waals surface area contributed by atoms with Crippen LogP contribution in [-0.2, 0) is 0 Å². The van der Waals surface area contributed by atoms with Gasteiger partial charge in [-0.15, -0.1) is 45.3 Å². The summed E-state index contributed by atoms with van der Waals surface area (Å²) in [6, 6.07) is 24.9. The quantitative estimate of drug-likeness (QED) is 0.188. The highest BCUT2D eigenvalue weighted by Crippen LogP contribution is 2.40. The van der Waals surface area contributed by atoms with Crippen LogP contribution in [0.15, 0.2) is 71.4 Å².